The second-order valence-electron chi connectivity index (χ2n) is 6.84. The first kappa shape index (κ1) is 17.1. The van der Waals surface area contributed by atoms with Crippen LogP contribution in [0.15, 0.2) is 48.7 Å². The molecule has 2 aromatic heterocycles. The van der Waals surface area contributed by atoms with Gasteiger partial charge in [0.1, 0.15) is 0 Å². The Morgan fingerprint density at radius 3 is 2.67 bits per heavy atom. The van der Waals surface area contributed by atoms with Crippen LogP contribution in [0.1, 0.15) is 45.2 Å². The van der Waals surface area contributed by atoms with E-state index in [1.54, 1.807) is 0 Å². The fourth-order valence-electron chi connectivity index (χ4n) is 3.86. The minimum Gasteiger partial charge on any atom is -0.328 e. The number of pyridine rings is 1. The summed E-state index contributed by atoms with van der Waals surface area (Å²) in [7, 11) is 0. The molecule has 0 spiro atoms. The number of hydrogen-bond donors (Lipinski definition) is 0. The number of rotatable bonds is 3. The van der Waals surface area contributed by atoms with E-state index in [1.165, 1.54) is 17.1 Å². The molecule has 2 fully saturated rings. The van der Waals surface area contributed by atoms with Crippen molar-refractivity contribution in [1.82, 2.24) is 19.5 Å². The van der Waals surface area contributed by atoms with Gasteiger partial charge in [0.15, 0.2) is 11.5 Å². The standard InChI is InChI=1S/C20H20N4OS2/c25-19(14-6-8-15(9-7-14)20-26-12-13-27-20)23-11-3-4-16(23)18-22-21-17-5-1-2-10-24(17)18/h1-2,5-10,16,20H,3-4,11-13H2. The summed E-state index contributed by atoms with van der Waals surface area (Å²) in [6.07, 6.45) is 3.89. The van der Waals surface area contributed by atoms with Crippen molar-refractivity contribution in [1.29, 1.82) is 0 Å². The van der Waals surface area contributed by atoms with Gasteiger partial charge in [-0.2, -0.15) is 0 Å². The van der Waals surface area contributed by atoms with E-state index in [-0.39, 0.29) is 11.9 Å². The number of carbonyl (C=O) groups excluding carboxylic acids is 1. The topological polar surface area (TPSA) is 50.5 Å². The number of nitrogens with zero attached hydrogens (tertiary/aromatic N) is 4. The predicted molar refractivity (Wildman–Crippen MR) is 110 cm³/mol. The van der Waals surface area contributed by atoms with Gasteiger partial charge in [0.25, 0.3) is 5.91 Å². The molecule has 2 saturated heterocycles. The Morgan fingerprint density at radius 1 is 1.04 bits per heavy atom. The lowest BCUT2D eigenvalue weighted by molar-refractivity contribution is 0.0729. The molecule has 3 aromatic rings. The average molecular weight is 397 g/mol. The van der Waals surface area contributed by atoms with E-state index in [4.69, 9.17) is 0 Å². The number of carbonyl (C=O) groups is 1. The lowest BCUT2D eigenvalue weighted by Gasteiger charge is -2.23. The minimum atomic E-state index is -0.0180. The molecule has 7 heteroatoms. The smallest absolute Gasteiger partial charge is 0.254 e. The molecular weight excluding hydrogens is 376 g/mol. The number of likely N-dealkylation sites (tertiary alicyclic amines) is 1. The maximum atomic E-state index is 13.2. The summed E-state index contributed by atoms with van der Waals surface area (Å²) in [5.41, 5.74) is 2.88. The van der Waals surface area contributed by atoms with Crippen LogP contribution in [0.4, 0.5) is 0 Å². The lowest BCUT2D eigenvalue weighted by atomic mass is 10.1. The molecule has 0 N–H and O–H groups in total. The summed E-state index contributed by atoms with van der Waals surface area (Å²) in [4.78, 5) is 15.1. The molecule has 0 bridgehead atoms. The van der Waals surface area contributed by atoms with Crippen molar-refractivity contribution < 1.29 is 4.79 Å². The summed E-state index contributed by atoms with van der Waals surface area (Å²) in [5, 5.41) is 8.64. The highest BCUT2D eigenvalue weighted by Crippen LogP contribution is 2.45. The summed E-state index contributed by atoms with van der Waals surface area (Å²) in [5.74, 6) is 3.35. The predicted octanol–water partition coefficient (Wildman–Crippen LogP) is 4.19. The van der Waals surface area contributed by atoms with Crippen LogP contribution in [-0.2, 0) is 0 Å². The largest absolute Gasteiger partial charge is 0.328 e. The molecule has 1 aromatic carbocycles. The Kier molecular flexibility index (Phi) is 4.57. The van der Waals surface area contributed by atoms with Crippen LogP contribution in [0, 0.1) is 0 Å². The summed E-state index contributed by atoms with van der Waals surface area (Å²) in [6.45, 7) is 0.765. The quantitative estimate of drug-likeness (QED) is 0.665. The molecule has 1 atom stereocenters. The Bertz CT molecular complexity index is 966. The third-order valence-electron chi connectivity index (χ3n) is 5.20. The molecule has 1 unspecified atom stereocenters. The third kappa shape index (κ3) is 3.12. The van der Waals surface area contributed by atoms with Gasteiger partial charge in [-0.15, -0.1) is 33.7 Å². The monoisotopic (exact) mass is 396 g/mol. The number of fused-ring (bicyclic) bond motifs is 1. The van der Waals surface area contributed by atoms with Crippen molar-refractivity contribution in [3.8, 4) is 0 Å². The Labute approximate surface area is 166 Å². The Hall–Kier alpha value is -1.99. The van der Waals surface area contributed by atoms with Gasteiger partial charge < -0.3 is 4.90 Å². The van der Waals surface area contributed by atoms with Crippen LogP contribution in [0.25, 0.3) is 5.65 Å². The third-order valence-corrected chi connectivity index (χ3v) is 8.31. The molecule has 0 saturated carbocycles. The number of benzene rings is 1. The van der Waals surface area contributed by atoms with E-state index in [2.05, 4.69) is 22.3 Å². The summed E-state index contributed by atoms with van der Waals surface area (Å²) < 4.78 is 2.50. The molecule has 2 aliphatic heterocycles. The van der Waals surface area contributed by atoms with Crippen molar-refractivity contribution in [3.63, 3.8) is 0 Å². The van der Waals surface area contributed by atoms with Gasteiger partial charge in [0.05, 0.1) is 10.6 Å². The molecule has 0 aliphatic carbocycles. The zero-order valence-corrected chi connectivity index (χ0v) is 16.5. The SMILES string of the molecule is O=C(c1ccc(C2SCCS2)cc1)N1CCCC1c1nnc2ccccn12. The van der Waals surface area contributed by atoms with Gasteiger partial charge in [-0.3, -0.25) is 9.20 Å². The Balaban J connectivity index is 1.40. The van der Waals surface area contributed by atoms with Gasteiger partial charge in [0.2, 0.25) is 0 Å². The molecule has 2 aliphatic rings. The van der Waals surface area contributed by atoms with Crippen LogP contribution in [0.5, 0.6) is 0 Å². The average Bonchev–Trinajstić information content (AvgIpc) is 3.47. The van der Waals surface area contributed by atoms with E-state index in [1.807, 2.05) is 69.4 Å². The van der Waals surface area contributed by atoms with Gasteiger partial charge >= 0.3 is 0 Å². The fraction of sp³-hybridized carbons (Fsp3) is 0.350. The molecule has 4 heterocycles. The zero-order chi connectivity index (χ0) is 18.2. The zero-order valence-electron chi connectivity index (χ0n) is 14.8. The molecule has 5 nitrogen and oxygen atoms in total. The van der Waals surface area contributed by atoms with Crippen molar-refractivity contribution in [2.45, 2.75) is 23.5 Å². The first-order chi connectivity index (χ1) is 13.3. The van der Waals surface area contributed by atoms with Crippen LogP contribution >= 0.6 is 23.5 Å². The molecular formula is C20H20N4OS2. The van der Waals surface area contributed by atoms with E-state index in [0.717, 1.165) is 36.4 Å². The van der Waals surface area contributed by atoms with Gasteiger partial charge in [-0.25, -0.2) is 0 Å². The first-order valence-corrected chi connectivity index (χ1v) is 11.3. The van der Waals surface area contributed by atoms with Gasteiger partial charge in [0, 0.05) is 29.8 Å². The van der Waals surface area contributed by atoms with E-state index in [9.17, 15) is 4.79 Å². The lowest BCUT2D eigenvalue weighted by Crippen LogP contribution is -2.31. The molecule has 27 heavy (non-hydrogen) atoms. The van der Waals surface area contributed by atoms with E-state index < -0.39 is 0 Å². The van der Waals surface area contributed by atoms with E-state index >= 15 is 0 Å². The molecule has 138 valence electrons. The minimum absolute atomic E-state index is 0.0180. The first-order valence-electron chi connectivity index (χ1n) is 9.25. The van der Waals surface area contributed by atoms with Crippen LogP contribution in [0.2, 0.25) is 0 Å². The Morgan fingerprint density at radius 2 is 1.85 bits per heavy atom. The fourth-order valence-corrected chi connectivity index (χ4v) is 6.72. The van der Waals surface area contributed by atoms with Gasteiger partial charge in [-0.1, -0.05) is 18.2 Å². The second-order valence-corrected chi connectivity index (χ2v) is 9.56. The van der Waals surface area contributed by atoms with Crippen LogP contribution in [-0.4, -0.2) is 43.5 Å². The van der Waals surface area contributed by atoms with Crippen LogP contribution in [0.3, 0.4) is 0 Å². The highest BCUT2D eigenvalue weighted by Gasteiger charge is 2.33. The highest BCUT2D eigenvalue weighted by atomic mass is 32.2. The summed E-state index contributed by atoms with van der Waals surface area (Å²) >= 11 is 3.97. The van der Waals surface area contributed by atoms with Crippen molar-refractivity contribution in [3.05, 3.63) is 65.6 Å². The second kappa shape index (κ2) is 7.20. The van der Waals surface area contributed by atoms with Crippen LogP contribution < -0.4 is 0 Å². The molecule has 5 rings (SSSR count). The highest BCUT2D eigenvalue weighted by molar-refractivity contribution is 8.19. The maximum absolute atomic E-state index is 13.2. The molecule has 1 amide bonds. The van der Waals surface area contributed by atoms with Gasteiger partial charge in [-0.05, 0) is 42.7 Å². The number of hydrogen-bond acceptors (Lipinski definition) is 5. The molecule has 0 radical (unpaired) electrons. The van der Waals surface area contributed by atoms with Crippen molar-refractivity contribution in [2.75, 3.05) is 18.1 Å². The normalized spacial score (nSPS) is 20.6. The number of amides is 1. The van der Waals surface area contributed by atoms with Crippen molar-refractivity contribution in [2.24, 2.45) is 0 Å². The van der Waals surface area contributed by atoms with E-state index in [0.29, 0.717) is 4.58 Å². The summed E-state index contributed by atoms with van der Waals surface area (Å²) in [6, 6.07) is 14.0. The number of thioether (sulfide) groups is 2. The number of aromatic nitrogens is 3. The maximum Gasteiger partial charge on any atom is 0.254 e. The van der Waals surface area contributed by atoms with Crippen molar-refractivity contribution >= 4 is 35.1 Å².